The number of ether oxygens (including phenoxy) is 1. The van der Waals surface area contributed by atoms with E-state index in [9.17, 15) is 0 Å². The van der Waals surface area contributed by atoms with E-state index in [1.54, 1.807) is 0 Å². The molecule has 1 heteroatoms. The zero-order valence-corrected chi connectivity index (χ0v) is 14.8. The van der Waals surface area contributed by atoms with Gasteiger partial charge < -0.3 is 4.74 Å². The van der Waals surface area contributed by atoms with Crippen LogP contribution < -0.4 is 4.74 Å². The van der Waals surface area contributed by atoms with Crippen LogP contribution in [-0.4, -0.2) is 0 Å². The van der Waals surface area contributed by atoms with Crippen LogP contribution in [0, 0.1) is 13.8 Å². The Labute approximate surface area is 144 Å². The first-order valence-electron chi connectivity index (χ1n) is 8.37. The van der Waals surface area contributed by atoms with Gasteiger partial charge in [0.1, 0.15) is 11.5 Å². The van der Waals surface area contributed by atoms with Crippen molar-refractivity contribution < 1.29 is 4.74 Å². The summed E-state index contributed by atoms with van der Waals surface area (Å²) in [6.45, 7) is 8.70. The van der Waals surface area contributed by atoms with Crippen molar-refractivity contribution >= 4 is 0 Å². The summed E-state index contributed by atoms with van der Waals surface area (Å²) in [5.41, 5.74) is 5.06. The molecule has 0 fully saturated rings. The van der Waals surface area contributed by atoms with Gasteiger partial charge in [0.2, 0.25) is 0 Å². The predicted octanol–water partition coefficient (Wildman–Crippen LogP) is 6.42. The first-order chi connectivity index (χ1) is 11.4. The van der Waals surface area contributed by atoms with Gasteiger partial charge in [-0.05, 0) is 54.8 Å². The van der Waals surface area contributed by atoms with E-state index in [4.69, 9.17) is 4.74 Å². The lowest BCUT2D eigenvalue weighted by molar-refractivity contribution is 0.481. The van der Waals surface area contributed by atoms with Crippen LogP contribution >= 0.6 is 0 Å². The van der Waals surface area contributed by atoms with Gasteiger partial charge in [-0.3, -0.25) is 0 Å². The molecule has 0 heterocycles. The van der Waals surface area contributed by atoms with Gasteiger partial charge in [-0.1, -0.05) is 67.9 Å². The van der Waals surface area contributed by atoms with Gasteiger partial charge in [0.05, 0.1) is 0 Å². The average molecular weight is 316 g/mol. The Morgan fingerprint density at radius 1 is 0.625 bits per heavy atom. The van der Waals surface area contributed by atoms with Gasteiger partial charge >= 0.3 is 0 Å². The maximum atomic E-state index is 5.95. The number of aryl methyl sites for hydroxylation is 2. The van der Waals surface area contributed by atoms with Crippen molar-refractivity contribution in [3.8, 4) is 11.5 Å². The van der Waals surface area contributed by atoms with E-state index in [2.05, 4.69) is 70.2 Å². The largest absolute Gasteiger partial charge is 0.457 e. The highest BCUT2D eigenvalue weighted by Crippen LogP contribution is 2.33. The van der Waals surface area contributed by atoms with Crippen molar-refractivity contribution in [1.82, 2.24) is 0 Å². The number of rotatable bonds is 4. The van der Waals surface area contributed by atoms with Gasteiger partial charge in [0, 0.05) is 5.41 Å². The maximum Gasteiger partial charge on any atom is 0.127 e. The van der Waals surface area contributed by atoms with Crippen LogP contribution in [0.3, 0.4) is 0 Å². The molecule has 0 aliphatic rings. The lowest BCUT2D eigenvalue weighted by Crippen LogP contribution is -2.18. The van der Waals surface area contributed by atoms with Crippen molar-refractivity contribution in [2.24, 2.45) is 0 Å². The summed E-state index contributed by atoms with van der Waals surface area (Å²) in [6, 6.07) is 25.3. The Hall–Kier alpha value is -2.54. The molecule has 1 nitrogen and oxygen atoms in total. The third-order valence-electron chi connectivity index (χ3n) is 4.57. The monoisotopic (exact) mass is 316 g/mol. The highest BCUT2D eigenvalue weighted by atomic mass is 16.5. The Morgan fingerprint density at radius 3 is 1.79 bits per heavy atom. The quantitative estimate of drug-likeness (QED) is 0.539. The molecule has 0 saturated carbocycles. The SMILES string of the molecule is Cc1ccc(C(C)(C)c2ccc(Oc3cccc(C)c3)cc2)cc1. The van der Waals surface area contributed by atoms with Crippen LogP contribution in [-0.2, 0) is 5.41 Å². The summed E-state index contributed by atoms with van der Waals surface area (Å²) in [6.07, 6.45) is 0. The van der Waals surface area contributed by atoms with Crippen molar-refractivity contribution in [1.29, 1.82) is 0 Å². The standard InChI is InChI=1S/C23H24O/c1-17-8-10-19(11-9-17)23(3,4)20-12-14-21(15-13-20)24-22-7-5-6-18(2)16-22/h5-16H,1-4H3. The van der Waals surface area contributed by atoms with E-state index in [1.165, 1.54) is 22.3 Å². The summed E-state index contributed by atoms with van der Waals surface area (Å²) in [5.74, 6) is 1.74. The van der Waals surface area contributed by atoms with E-state index in [1.807, 2.05) is 30.3 Å². The Morgan fingerprint density at radius 2 is 1.21 bits per heavy atom. The minimum atomic E-state index is -0.0322. The Balaban J connectivity index is 1.82. The molecule has 122 valence electrons. The van der Waals surface area contributed by atoms with Crippen LogP contribution in [0.1, 0.15) is 36.1 Å². The molecule has 0 radical (unpaired) electrons. The topological polar surface area (TPSA) is 9.23 Å². The van der Waals surface area contributed by atoms with Gasteiger partial charge in [-0.2, -0.15) is 0 Å². The second kappa shape index (κ2) is 6.52. The third-order valence-corrected chi connectivity index (χ3v) is 4.57. The molecule has 3 aromatic rings. The number of hydrogen-bond donors (Lipinski definition) is 0. The molecule has 0 atom stereocenters. The zero-order valence-electron chi connectivity index (χ0n) is 14.8. The van der Waals surface area contributed by atoms with Gasteiger partial charge in [-0.25, -0.2) is 0 Å². The fourth-order valence-electron chi connectivity index (χ4n) is 2.89. The highest BCUT2D eigenvalue weighted by Gasteiger charge is 2.22. The van der Waals surface area contributed by atoms with Crippen LogP contribution in [0.5, 0.6) is 11.5 Å². The molecule has 0 bridgehead atoms. The molecule has 0 saturated heterocycles. The molecule has 0 N–H and O–H groups in total. The lowest BCUT2D eigenvalue weighted by Gasteiger charge is -2.26. The zero-order chi connectivity index (χ0) is 17.2. The molecule has 0 amide bonds. The fourth-order valence-corrected chi connectivity index (χ4v) is 2.89. The average Bonchev–Trinajstić information content (AvgIpc) is 2.56. The van der Waals surface area contributed by atoms with E-state index in [0.29, 0.717) is 0 Å². The second-order valence-electron chi connectivity index (χ2n) is 6.93. The maximum absolute atomic E-state index is 5.95. The Bertz CT molecular complexity index is 811. The van der Waals surface area contributed by atoms with E-state index in [0.717, 1.165) is 11.5 Å². The van der Waals surface area contributed by atoms with Crippen LogP contribution in [0.2, 0.25) is 0 Å². The molecule has 24 heavy (non-hydrogen) atoms. The van der Waals surface area contributed by atoms with Gasteiger partial charge in [0.25, 0.3) is 0 Å². The molecule has 0 aliphatic carbocycles. The minimum absolute atomic E-state index is 0.0322. The van der Waals surface area contributed by atoms with E-state index >= 15 is 0 Å². The molecule has 0 spiro atoms. The highest BCUT2D eigenvalue weighted by molar-refractivity contribution is 5.42. The number of benzene rings is 3. The van der Waals surface area contributed by atoms with Crippen LogP contribution in [0.4, 0.5) is 0 Å². The van der Waals surface area contributed by atoms with Crippen LogP contribution in [0.25, 0.3) is 0 Å². The lowest BCUT2D eigenvalue weighted by atomic mass is 9.78. The molecule has 0 unspecified atom stereocenters. The molecule has 3 aromatic carbocycles. The summed E-state index contributed by atoms with van der Waals surface area (Å²) < 4.78 is 5.95. The minimum Gasteiger partial charge on any atom is -0.457 e. The van der Waals surface area contributed by atoms with E-state index in [-0.39, 0.29) is 5.41 Å². The summed E-state index contributed by atoms with van der Waals surface area (Å²) >= 11 is 0. The first kappa shape index (κ1) is 16.3. The predicted molar refractivity (Wildman–Crippen MR) is 101 cm³/mol. The van der Waals surface area contributed by atoms with Crippen molar-refractivity contribution in [3.05, 3.63) is 95.1 Å². The van der Waals surface area contributed by atoms with Crippen molar-refractivity contribution in [2.75, 3.05) is 0 Å². The molecule has 0 aliphatic heterocycles. The first-order valence-corrected chi connectivity index (χ1v) is 8.37. The third kappa shape index (κ3) is 3.51. The summed E-state index contributed by atoms with van der Waals surface area (Å²) in [7, 11) is 0. The summed E-state index contributed by atoms with van der Waals surface area (Å²) in [4.78, 5) is 0. The van der Waals surface area contributed by atoms with Crippen molar-refractivity contribution in [3.63, 3.8) is 0 Å². The van der Waals surface area contributed by atoms with Gasteiger partial charge in [0.15, 0.2) is 0 Å². The Kier molecular flexibility index (Phi) is 4.44. The molecule has 0 aromatic heterocycles. The molecular formula is C23H24O. The fraction of sp³-hybridized carbons (Fsp3) is 0.217. The molecule has 3 rings (SSSR count). The molecular weight excluding hydrogens is 292 g/mol. The van der Waals surface area contributed by atoms with Crippen LogP contribution in [0.15, 0.2) is 72.8 Å². The second-order valence-corrected chi connectivity index (χ2v) is 6.93. The van der Waals surface area contributed by atoms with Crippen molar-refractivity contribution in [2.45, 2.75) is 33.1 Å². The normalized spacial score (nSPS) is 11.3. The summed E-state index contributed by atoms with van der Waals surface area (Å²) in [5, 5.41) is 0. The van der Waals surface area contributed by atoms with Gasteiger partial charge in [-0.15, -0.1) is 0 Å². The van der Waals surface area contributed by atoms with E-state index < -0.39 is 0 Å². The smallest absolute Gasteiger partial charge is 0.127 e. The number of hydrogen-bond acceptors (Lipinski definition) is 1.